The van der Waals surface area contributed by atoms with Crippen LogP contribution in [0.4, 0.5) is 5.69 Å². The maximum atomic E-state index is 11.7. The van der Waals surface area contributed by atoms with Crippen LogP contribution in [0, 0.1) is 11.3 Å². The van der Waals surface area contributed by atoms with Crippen molar-refractivity contribution in [1.29, 1.82) is 0 Å². The Balaban J connectivity index is 1.98. The molecule has 1 saturated carbocycles. The van der Waals surface area contributed by atoms with Crippen molar-refractivity contribution in [1.82, 2.24) is 9.97 Å². The van der Waals surface area contributed by atoms with Gasteiger partial charge in [-0.2, -0.15) is 0 Å². The maximum absolute atomic E-state index is 11.7. The minimum absolute atomic E-state index is 0.0610. The minimum atomic E-state index is 0.0610. The topological polar surface area (TPSA) is 54.9 Å². The molecule has 5 heteroatoms. The SMILES string of the molecule is CC1(C)CC1C(=O)Nc1cnc(Br)nc1. The maximum Gasteiger partial charge on any atom is 0.228 e. The van der Waals surface area contributed by atoms with Crippen LogP contribution in [0.2, 0.25) is 0 Å². The molecule has 1 fully saturated rings. The number of anilines is 1. The summed E-state index contributed by atoms with van der Waals surface area (Å²) in [5.41, 5.74) is 0.797. The van der Waals surface area contributed by atoms with E-state index in [4.69, 9.17) is 0 Å². The summed E-state index contributed by atoms with van der Waals surface area (Å²) in [4.78, 5) is 19.6. The van der Waals surface area contributed by atoms with Crippen LogP contribution >= 0.6 is 15.9 Å². The van der Waals surface area contributed by atoms with Gasteiger partial charge in [0.05, 0.1) is 18.1 Å². The van der Waals surface area contributed by atoms with Gasteiger partial charge in [-0.05, 0) is 27.8 Å². The highest BCUT2D eigenvalue weighted by molar-refractivity contribution is 9.10. The van der Waals surface area contributed by atoms with Gasteiger partial charge in [0.1, 0.15) is 0 Å². The highest BCUT2D eigenvalue weighted by Crippen LogP contribution is 2.51. The third-order valence-corrected chi connectivity index (χ3v) is 3.13. The van der Waals surface area contributed by atoms with Crippen molar-refractivity contribution in [3.63, 3.8) is 0 Å². The Morgan fingerprint density at radius 1 is 1.53 bits per heavy atom. The average Bonchev–Trinajstić information content (AvgIpc) is 2.79. The number of nitrogens with one attached hydrogen (secondary N) is 1. The first-order chi connectivity index (χ1) is 6.99. The Hall–Kier alpha value is -0.970. The number of hydrogen-bond acceptors (Lipinski definition) is 3. The predicted molar refractivity (Wildman–Crippen MR) is 60.2 cm³/mol. The van der Waals surface area contributed by atoms with Gasteiger partial charge in [-0.25, -0.2) is 9.97 Å². The number of carbonyl (C=O) groups is 1. The van der Waals surface area contributed by atoms with E-state index in [9.17, 15) is 4.79 Å². The van der Waals surface area contributed by atoms with Crippen molar-refractivity contribution < 1.29 is 4.79 Å². The summed E-state index contributed by atoms with van der Waals surface area (Å²) in [6.45, 7) is 4.19. The fraction of sp³-hybridized carbons (Fsp3) is 0.500. The van der Waals surface area contributed by atoms with E-state index >= 15 is 0 Å². The number of nitrogens with zero attached hydrogens (tertiary/aromatic N) is 2. The van der Waals surface area contributed by atoms with Gasteiger partial charge in [0, 0.05) is 5.92 Å². The Morgan fingerprint density at radius 2 is 2.07 bits per heavy atom. The summed E-state index contributed by atoms with van der Waals surface area (Å²) in [6.07, 6.45) is 4.13. The predicted octanol–water partition coefficient (Wildman–Crippen LogP) is 2.22. The van der Waals surface area contributed by atoms with Gasteiger partial charge in [0.25, 0.3) is 0 Å². The lowest BCUT2D eigenvalue weighted by molar-refractivity contribution is -0.118. The number of halogens is 1. The Labute approximate surface area is 96.6 Å². The number of hydrogen-bond donors (Lipinski definition) is 1. The van der Waals surface area contributed by atoms with E-state index in [0.717, 1.165) is 6.42 Å². The molecule has 1 aliphatic carbocycles. The van der Waals surface area contributed by atoms with Gasteiger partial charge in [-0.1, -0.05) is 13.8 Å². The molecular formula is C10H12BrN3O. The molecule has 2 rings (SSSR count). The molecular weight excluding hydrogens is 258 g/mol. The van der Waals surface area contributed by atoms with Crippen LogP contribution in [0.5, 0.6) is 0 Å². The molecule has 0 radical (unpaired) electrons. The van der Waals surface area contributed by atoms with E-state index in [1.54, 1.807) is 12.4 Å². The molecule has 1 N–H and O–H groups in total. The molecule has 1 atom stereocenters. The standard InChI is InChI=1S/C10H12BrN3O/c1-10(2)3-7(10)8(15)14-6-4-12-9(11)13-5-6/h4-5,7H,3H2,1-2H3,(H,14,15). The van der Waals surface area contributed by atoms with Crippen LogP contribution < -0.4 is 5.32 Å². The van der Waals surface area contributed by atoms with Crippen LogP contribution in [0.3, 0.4) is 0 Å². The number of amides is 1. The molecule has 1 aromatic rings. The lowest BCUT2D eigenvalue weighted by Crippen LogP contribution is -2.16. The van der Waals surface area contributed by atoms with Crippen molar-refractivity contribution >= 4 is 27.5 Å². The molecule has 0 saturated heterocycles. The van der Waals surface area contributed by atoms with E-state index in [-0.39, 0.29) is 17.2 Å². The molecule has 0 spiro atoms. The summed E-state index contributed by atoms with van der Waals surface area (Å²) >= 11 is 3.14. The average molecular weight is 270 g/mol. The molecule has 15 heavy (non-hydrogen) atoms. The van der Waals surface area contributed by atoms with Gasteiger partial charge in [0.2, 0.25) is 5.91 Å². The summed E-state index contributed by atoms with van der Waals surface area (Å²) in [5.74, 6) is 0.187. The first kappa shape index (κ1) is 10.5. The fourth-order valence-corrected chi connectivity index (χ4v) is 1.73. The summed E-state index contributed by atoms with van der Waals surface area (Å²) < 4.78 is 0.521. The number of aromatic nitrogens is 2. The van der Waals surface area contributed by atoms with E-state index in [0.29, 0.717) is 10.4 Å². The highest BCUT2D eigenvalue weighted by atomic mass is 79.9. The van der Waals surface area contributed by atoms with Gasteiger partial charge >= 0.3 is 0 Å². The fourth-order valence-electron chi connectivity index (χ4n) is 1.52. The molecule has 80 valence electrons. The zero-order chi connectivity index (χ0) is 11.1. The largest absolute Gasteiger partial charge is 0.323 e. The zero-order valence-corrected chi connectivity index (χ0v) is 10.2. The summed E-state index contributed by atoms with van der Waals surface area (Å²) in [6, 6.07) is 0. The highest BCUT2D eigenvalue weighted by Gasteiger charge is 2.50. The second kappa shape index (κ2) is 3.56. The van der Waals surface area contributed by atoms with Crippen molar-refractivity contribution in [2.45, 2.75) is 20.3 Å². The lowest BCUT2D eigenvalue weighted by Gasteiger charge is -2.05. The molecule has 1 aromatic heterocycles. The molecule has 1 amide bonds. The molecule has 0 bridgehead atoms. The van der Waals surface area contributed by atoms with Gasteiger partial charge in [-0.3, -0.25) is 4.79 Å². The zero-order valence-electron chi connectivity index (χ0n) is 8.62. The Kier molecular flexibility index (Phi) is 2.50. The molecule has 0 aliphatic heterocycles. The van der Waals surface area contributed by atoms with Crippen LogP contribution in [0.1, 0.15) is 20.3 Å². The van der Waals surface area contributed by atoms with E-state index in [2.05, 4.69) is 45.1 Å². The lowest BCUT2D eigenvalue weighted by atomic mass is 10.1. The van der Waals surface area contributed by atoms with Crippen LogP contribution in [-0.4, -0.2) is 15.9 Å². The second-order valence-electron chi connectivity index (χ2n) is 4.48. The normalized spacial score (nSPS) is 22.2. The quantitative estimate of drug-likeness (QED) is 0.838. The van der Waals surface area contributed by atoms with Crippen molar-refractivity contribution in [2.24, 2.45) is 11.3 Å². The summed E-state index contributed by atoms with van der Waals surface area (Å²) in [5, 5.41) is 2.80. The van der Waals surface area contributed by atoms with Crippen LogP contribution in [0.15, 0.2) is 17.1 Å². The number of carbonyl (C=O) groups excluding carboxylic acids is 1. The second-order valence-corrected chi connectivity index (χ2v) is 5.18. The third kappa shape index (κ3) is 2.34. The van der Waals surface area contributed by atoms with Crippen molar-refractivity contribution in [3.8, 4) is 0 Å². The van der Waals surface area contributed by atoms with Gasteiger partial charge in [-0.15, -0.1) is 0 Å². The molecule has 1 aliphatic rings. The molecule has 1 unspecified atom stereocenters. The molecule has 1 heterocycles. The van der Waals surface area contributed by atoms with Crippen molar-refractivity contribution in [2.75, 3.05) is 5.32 Å². The third-order valence-electron chi connectivity index (χ3n) is 2.72. The first-order valence-corrected chi connectivity index (χ1v) is 5.57. The van der Waals surface area contributed by atoms with Crippen LogP contribution in [-0.2, 0) is 4.79 Å². The van der Waals surface area contributed by atoms with Gasteiger partial charge < -0.3 is 5.32 Å². The monoisotopic (exact) mass is 269 g/mol. The van der Waals surface area contributed by atoms with Gasteiger partial charge in [0.15, 0.2) is 4.73 Å². The Bertz CT molecular complexity index is 388. The minimum Gasteiger partial charge on any atom is -0.323 e. The number of rotatable bonds is 2. The van der Waals surface area contributed by atoms with E-state index in [1.165, 1.54) is 0 Å². The Morgan fingerprint density at radius 3 is 2.53 bits per heavy atom. The van der Waals surface area contributed by atoms with Crippen molar-refractivity contribution in [3.05, 3.63) is 17.1 Å². The van der Waals surface area contributed by atoms with E-state index < -0.39 is 0 Å². The first-order valence-electron chi connectivity index (χ1n) is 4.77. The summed E-state index contributed by atoms with van der Waals surface area (Å²) in [7, 11) is 0. The smallest absolute Gasteiger partial charge is 0.228 e. The van der Waals surface area contributed by atoms with E-state index in [1.807, 2.05) is 0 Å². The molecule has 4 nitrogen and oxygen atoms in total. The molecule has 0 aromatic carbocycles. The van der Waals surface area contributed by atoms with Crippen LogP contribution in [0.25, 0.3) is 0 Å².